The number of hydrogen-bond donors (Lipinski definition) is 0. The fourth-order valence-corrected chi connectivity index (χ4v) is 2.45. The van der Waals surface area contributed by atoms with Crippen molar-refractivity contribution in [1.29, 1.82) is 0 Å². The molecule has 84 valence electrons. The van der Waals surface area contributed by atoms with Gasteiger partial charge in [-0.2, -0.15) is 0 Å². The van der Waals surface area contributed by atoms with Crippen molar-refractivity contribution in [1.82, 2.24) is 0 Å². The molecule has 0 amide bonds. The van der Waals surface area contributed by atoms with E-state index < -0.39 is 0 Å². The average Bonchev–Trinajstić information content (AvgIpc) is 2.68. The van der Waals surface area contributed by atoms with E-state index in [-0.39, 0.29) is 0 Å². The average molecular weight is 221 g/mol. The van der Waals surface area contributed by atoms with Crippen molar-refractivity contribution in [3.8, 4) is 0 Å². The Kier molecular flexibility index (Phi) is 2.32. The number of aliphatic imine (C=N–C) groups is 1. The molecule has 1 heterocycles. The third kappa shape index (κ3) is 1.68. The molecule has 1 unspecified atom stereocenters. The van der Waals surface area contributed by atoms with E-state index in [9.17, 15) is 0 Å². The molecule has 0 aromatic heterocycles. The lowest BCUT2D eigenvalue weighted by Gasteiger charge is -2.09. The van der Waals surface area contributed by atoms with E-state index in [0.717, 1.165) is 5.69 Å². The van der Waals surface area contributed by atoms with Crippen molar-refractivity contribution in [2.24, 2.45) is 4.99 Å². The minimum absolute atomic E-state index is 0.396. The highest BCUT2D eigenvalue weighted by Crippen LogP contribution is 2.36. The lowest BCUT2D eigenvalue weighted by atomic mass is 9.93. The van der Waals surface area contributed by atoms with Crippen LogP contribution in [0.2, 0.25) is 0 Å². The van der Waals surface area contributed by atoms with Gasteiger partial charge in [-0.15, -0.1) is 0 Å². The summed E-state index contributed by atoms with van der Waals surface area (Å²) in [5.41, 5.74) is 6.18. The van der Waals surface area contributed by atoms with E-state index in [0.29, 0.717) is 5.92 Å². The summed E-state index contributed by atoms with van der Waals surface area (Å²) in [6, 6.07) is 17.0. The molecule has 0 spiro atoms. The molecule has 3 rings (SSSR count). The van der Waals surface area contributed by atoms with Crippen LogP contribution >= 0.6 is 0 Å². The van der Waals surface area contributed by atoms with Crippen LogP contribution in [0.4, 0.5) is 5.69 Å². The van der Waals surface area contributed by atoms with Gasteiger partial charge in [-0.05, 0) is 24.1 Å². The fourth-order valence-electron chi connectivity index (χ4n) is 2.45. The first-order chi connectivity index (χ1) is 8.25. The number of rotatable bonds is 1. The quantitative estimate of drug-likeness (QED) is 0.683. The maximum atomic E-state index is 4.76. The second-order valence-corrected chi connectivity index (χ2v) is 4.65. The van der Waals surface area contributed by atoms with E-state index in [1.54, 1.807) is 0 Å². The van der Waals surface area contributed by atoms with E-state index >= 15 is 0 Å². The van der Waals surface area contributed by atoms with Crippen LogP contribution in [0.15, 0.2) is 53.5 Å². The van der Waals surface area contributed by atoms with Crippen LogP contribution < -0.4 is 0 Å². The second kappa shape index (κ2) is 3.85. The third-order valence-corrected chi connectivity index (χ3v) is 3.37. The van der Waals surface area contributed by atoms with Crippen LogP contribution in [0.5, 0.6) is 0 Å². The monoisotopic (exact) mass is 221 g/mol. The Balaban J connectivity index is 2.08. The van der Waals surface area contributed by atoms with Gasteiger partial charge in [0.2, 0.25) is 0 Å². The van der Waals surface area contributed by atoms with Crippen molar-refractivity contribution < 1.29 is 0 Å². The Hall–Kier alpha value is -1.89. The van der Waals surface area contributed by atoms with Crippen molar-refractivity contribution in [2.45, 2.75) is 19.8 Å². The Morgan fingerprint density at radius 1 is 1.00 bits per heavy atom. The first kappa shape index (κ1) is 10.3. The van der Waals surface area contributed by atoms with E-state index in [1.165, 1.54) is 22.4 Å². The number of benzene rings is 2. The van der Waals surface area contributed by atoms with Crippen LogP contribution in [0, 0.1) is 6.92 Å². The van der Waals surface area contributed by atoms with E-state index in [2.05, 4.69) is 56.3 Å². The number of aryl methyl sites for hydroxylation is 1. The molecule has 0 N–H and O–H groups in total. The molecule has 0 saturated heterocycles. The summed E-state index contributed by atoms with van der Waals surface area (Å²) in [6.07, 6.45) is 0. The molecular weight excluding hydrogens is 206 g/mol. The molecule has 0 aliphatic carbocycles. The molecule has 0 bridgehead atoms. The van der Waals surface area contributed by atoms with E-state index in [4.69, 9.17) is 4.99 Å². The Morgan fingerprint density at radius 2 is 1.82 bits per heavy atom. The second-order valence-electron chi connectivity index (χ2n) is 4.65. The number of para-hydroxylation sites is 1. The van der Waals surface area contributed by atoms with Gasteiger partial charge in [0.15, 0.2) is 0 Å². The SMILES string of the molecule is Cc1cccc(C2=Nc3ccccc3C2C)c1. The summed E-state index contributed by atoms with van der Waals surface area (Å²) >= 11 is 0. The maximum absolute atomic E-state index is 4.76. The summed E-state index contributed by atoms with van der Waals surface area (Å²) in [5.74, 6) is 0.396. The van der Waals surface area contributed by atoms with Crippen molar-refractivity contribution in [3.05, 3.63) is 65.2 Å². The van der Waals surface area contributed by atoms with Crippen molar-refractivity contribution in [2.75, 3.05) is 0 Å². The van der Waals surface area contributed by atoms with Gasteiger partial charge >= 0.3 is 0 Å². The zero-order valence-electron chi connectivity index (χ0n) is 10.1. The first-order valence-corrected chi connectivity index (χ1v) is 6.00. The largest absolute Gasteiger partial charge is 0.252 e. The highest BCUT2D eigenvalue weighted by atomic mass is 14.8. The molecule has 1 aliphatic heterocycles. The van der Waals surface area contributed by atoms with Gasteiger partial charge in [0.1, 0.15) is 0 Å². The highest BCUT2D eigenvalue weighted by molar-refractivity contribution is 6.09. The van der Waals surface area contributed by atoms with Gasteiger partial charge in [-0.25, -0.2) is 0 Å². The molecule has 1 aliphatic rings. The fraction of sp³-hybridized carbons (Fsp3) is 0.188. The summed E-state index contributed by atoms with van der Waals surface area (Å²) in [4.78, 5) is 4.76. The Bertz CT molecular complexity index is 596. The van der Waals surface area contributed by atoms with Crippen LogP contribution in [-0.2, 0) is 0 Å². The lowest BCUT2D eigenvalue weighted by molar-refractivity contribution is 1.05. The lowest BCUT2D eigenvalue weighted by Crippen LogP contribution is -2.06. The summed E-state index contributed by atoms with van der Waals surface area (Å²) in [7, 11) is 0. The Labute approximate surface area is 102 Å². The Morgan fingerprint density at radius 3 is 2.59 bits per heavy atom. The molecule has 0 saturated carbocycles. The summed E-state index contributed by atoms with van der Waals surface area (Å²) in [5, 5.41) is 0. The zero-order valence-corrected chi connectivity index (χ0v) is 10.1. The van der Waals surface area contributed by atoms with Crippen molar-refractivity contribution in [3.63, 3.8) is 0 Å². The molecular formula is C16H15N. The predicted octanol–water partition coefficient (Wildman–Crippen LogP) is 4.23. The zero-order chi connectivity index (χ0) is 11.8. The van der Waals surface area contributed by atoms with Crippen LogP contribution in [-0.4, -0.2) is 5.71 Å². The maximum Gasteiger partial charge on any atom is 0.0672 e. The van der Waals surface area contributed by atoms with Gasteiger partial charge in [0.05, 0.1) is 11.4 Å². The van der Waals surface area contributed by atoms with Crippen LogP contribution in [0.25, 0.3) is 0 Å². The standard InChI is InChI=1S/C16H15N/c1-11-6-5-7-13(10-11)16-12(2)14-8-3-4-9-15(14)17-16/h3-10,12H,1-2H3. The summed E-state index contributed by atoms with van der Waals surface area (Å²) < 4.78 is 0. The predicted molar refractivity (Wildman–Crippen MR) is 72.2 cm³/mol. The van der Waals surface area contributed by atoms with Gasteiger partial charge in [-0.3, -0.25) is 4.99 Å². The van der Waals surface area contributed by atoms with Gasteiger partial charge in [-0.1, -0.05) is 55.0 Å². The minimum atomic E-state index is 0.396. The molecule has 2 aromatic rings. The van der Waals surface area contributed by atoms with Crippen LogP contribution in [0.3, 0.4) is 0 Å². The molecule has 1 nitrogen and oxygen atoms in total. The molecule has 1 heteroatoms. The first-order valence-electron chi connectivity index (χ1n) is 6.00. The highest BCUT2D eigenvalue weighted by Gasteiger charge is 2.23. The number of fused-ring (bicyclic) bond motifs is 1. The molecule has 2 aromatic carbocycles. The number of nitrogens with zero attached hydrogens (tertiary/aromatic N) is 1. The molecule has 1 atom stereocenters. The topological polar surface area (TPSA) is 12.4 Å². The molecule has 17 heavy (non-hydrogen) atoms. The van der Waals surface area contributed by atoms with Crippen LogP contribution in [0.1, 0.15) is 29.5 Å². The summed E-state index contributed by atoms with van der Waals surface area (Å²) in [6.45, 7) is 4.35. The number of hydrogen-bond acceptors (Lipinski definition) is 1. The smallest absolute Gasteiger partial charge is 0.0672 e. The van der Waals surface area contributed by atoms with Gasteiger partial charge in [0, 0.05) is 5.92 Å². The molecule has 0 radical (unpaired) electrons. The van der Waals surface area contributed by atoms with Gasteiger partial charge < -0.3 is 0 Å². The van der Waals surface area contributed by atoms with Gasteiger partial charge in [0.25, 0.3) is 0 Å². The molecule has 0 fully saturated rings. The van der Waals surface area contributed by atoms with E-state index in [1.807, 2.05) is 6.07 Å². The van der Waals surface area contributed by atoms with Crippen molar-refractivity contribution >= 4 is 11.4 Å². The normalized spacial score (nSPS) is 17.8. The minimum Gasteiger partial charge on any atom is -0.252 e. The third-order valence-electron chi connectivity index (χ3n) is 3.37.